The molecule has 0 atom stereocenters. The van der Waals surface area contributed by atoms with Crippen LogP contribution in [0.3, 0.4) is 0 Å². The molecule has 0 aromatic heterocycles. The Morgan fingerprint density at radius 2 is 1.81 bits per heavy atom. The van der Waals surface area contributed by atoms with E-state index in [4.69, 9.17) is 9.47 Å². The van der Waals surface area contributed by atoms with Gasteiger partial charge in [-0.05, 0) is 43.2 Å². The molecule has 3 rings (SSSR count). The van der Waals surface area contributed by atoms with Gasteiger partial charge in [0.25, 0.3) is 5.91 Å². The van der Waals surface area contributed by atoms with Gasteiger partial charge in [0.2, 0.25) is 10.0 Å². The number of hydrogen-bond donors (Lipinski definition) is 1. The Balaban J connectivity index is 1.79. The van der Waals surface area contributed by atoms with Gasteiger partial charge in [-0.1, -0.05) is 12.1 Å². The first-order valence-electron chi connectivity index (χ1n) is 10.2. The van der Waals surface area contributed by atoms with Crippen molar-refractivity contribution in [1.82, 2.24) is 9.21 Å². The molecule has 9 heteroatoms. The molecule has 1 N–H and O–H groups in total. The molecule has 2 aromatic carbocycles. The van der Waals surface area contributed by atoms with Gasteiger partial charge in [0, 0.05) is 37.3 Å². The molecule has 0 saturated carbocycles. The van der Waals surface area contributed by atoms with Crippen LogP contribution in [0, 0.1) is 6.92 Å². The predicted octanol–water partition coefficient (Wildman–Crippen LogP) is 2.59. The Morgan fingerprint density at radius 1 is 1.12 bits per heavy atom. The summed E-state index contributed by atoms with van der Waals surface area (Å²) in [5, 5.41) is 10.1. The second kappa shape index (κ2) is 9.62. The van der Waals surface area contributed by atoms with Crippen LogP contribution in [0.15, 0.2) is 47.9 Å². The number of benzene rings is 2. The van der Waals surface area contributed by atoms with Crippen molar-refractivity contribution < 1.29 is 27.8 Å². The first kappa shape index (κ1) is 23.6. The van der Waals surface area contributed by atoms with Gasteiger partial charge in [-0.2, -0.15) is 4.31 Å². The van der Waals surface area contributed by atoms with Gasteiger partial charge in [-0.3, -0.25) is 4.79 Å². The lowest BCUT2D eigenvalue weighted by Gasteiger charge is -2.34. The van der Waals surface area contributed by atoms with E-state index >= 15 is 0 Å². The quantitative estimate of drug-likeness (QED) is 0.638. The van der Waals surface area contributed by atoms with E-state index in [1.165, 1.54) is 30.7 Å². The second-order valence-electron chi connectivity index (χ2n) is 7.53. The maximum atomic E-state index is 13.1. The summed E-state index contributed by atoms with van der Waals surface area (Å²) in [4.78, 5) is 14.6. The number of sulfonamides is 1. The normalized spacial score (nSPS) is 14.8. The first-order valence-corrected chi connectivity index (χ1v) is 11.6. The molecule has 1 fully saturated rings. The average Bonchev–Trinajstić information content (AvgIpc) is 2.79. The molecule has 0 radical (unpaired) electrons. The lowest BCUT2D eigenvalue weighted by atomic mass is 10.0. The lowest BCUT2D eigenvalue weighted by molar-refractivity contribution is 0.0697. The zero-order valence-electron chi connectivity index (χ0n) is 18.5. The number of amides is 1. The fourth-order valence-corrected chi connectivity index (χ4v) is 5.34. The summed E-state index contributed by atoms with van der Waals surface area (Å²) in [6, 6.07) is 7.85. The molecule has 8 nitrogen and oxygen atoms in total. The van der Waals surface area contributed by atoms with Gasteiger partial charge in [-0.25, -0.2) is 8.42 Å². The maximum absolute atomic E-state index is 13.1. The third-order valence-electron chi connectivity index (χ3n) is 5.43. The average molecular weight is 461 g/mol. The number of piperazine rings is 1. The number of hydrogen-bond acceptors (Lipinski definition) is 6. The van der Waals surface area contributed by atoms with E-state index in [-0.39, 0.29) is 42.7 Å². The molecule has 1 saturated heterocycles. The number of ether oxygens (including phenoxy) is 2. The Hall–Kier alpha value is -3.04. The van der Waals surface area contributed by atoms with Gasteiger partial charge >= 0.3 is 0 Å². The number of aromatic hydroxyl groups is 1. The van der Waals surface area contributed by atoms with E-state index in [1.807, 2.05) is 0 Å². The molecule has 1 aliphatic heterocycles. The van der Waals surface area contributed by atoms with Crippen molar-refractivity contribution in [2.75, 3.05) is 40.4 Å². The molecule has 1 amide bonds. The molecular weight excluding hydrogens is 432 g/mol. The molecule has 0 unspecified atom stereocenters. The van der Waals surface area contributed by atoms with E-state index in [2.05, 4.69) is 6.58 Å². The van der Waals surface area contributed by atoms with Crippen LogP contribution in [-0.2, 0) is 16.4 Å². The Bertz CT molecular complexity index is 1120. The molecule has 0 bridgehead atoms. The van der Waals surface area contributed by atoms with Crippen LogP contribution in [-0.4, -0.2) is 69.0 Å². The Morgan fingerprint density at radius 3 is 2.41 bits per heavy atom. The summed E-state index contributed by atoms with van der Waals surface area (Å²) in [6.07, 6.45) is 2.22. The minimum Gasteiger partial charge on any atom is -0.507 e. The van der Waals surface area contributed by atoms with Crippen LogP contribution in [0.25, 0.3) is 0 Å². The van der Waals surface area contributed by atoms with Crippen molar-refractivity contribution in [3.8, 4) is 17.2 Å². The Labute approximate surface area is 188 Å². The van der Waals surface area contributed by atoms with Crippen molar-refractivity contribution in [2.24, 2.45) is 0 Å². The summed E-state index contributed by atoms with van der Waals surface area (Å²) in [5.74, 6) is 0.505. The van der Waals surface area contributed by atoms with Crippen LogP contribution in [0.2, 0.25) is 0 Å². The van der Waals surface area contributed by atoms with Crippen molar-refractivity contribution in [1.29, 1.82) is 0 Å². The zero-order valence-corrected chi connectivity index (χ0v) is 19.3. The monoisotopic (exact) mass is 460 g/mol. The zero-order chi connectivity index (χ0) is 23.5. The first-order chi connectivity index (χ1) is 15.2. The minimum absolute atomic E-state index is 0.119. The summed E-state index contributed by atoms with van der Waals surface area (Å²) < 4.78 is 38.1. The third-order valence-corrected chi connectivity index (χ3v) is 7.35. The maximum Gasteiger partial charge on any atom is 0.254 e. The fourth-order valence-electron chi connectivity index (χ4n) is 3.76. The number of phenolic OH excluding ortho intramolecular Hbond substituents is 1. The highest BCUT2D eigenvalue weighted by molar-refractivity contribution is 7.89. The van der Waals surface area contributed by atoms with Crippen LogP contribution in [0.5, 0.6) is 17.2 Å². The second-order valence-corrected chi connectivity index (χ2v) is 9.44. The number of rotatable bonds is 7. The largest absolute Gasteiger partial charge is 0.507 e. The topological polar surface area (TPSA) is 96.4 Å². The molecule has 32 heavy (non-hydrogen) atoms. The highest BCUT2D eigenvalue weighted by atomic mass is 32.2. The standard InChI is InChI=1S/C23H28N2O6S/c1-5-6-17-14-18(15-20(30-3)22(17)31-4)23(27)24-9-11-25(12-10-24)32(28,29)21-13-16(2)7-8-19(21)26/h5,7-8,13-15,26H,1,6,9-12H2,2-4H3. The van der Waals surface area contributed by atoms with Crippen molar-refractivity contribution >= 4 is 15.9 Å². The predicted molar refractivity (Wildman–Crippen MR) is 121 cm³/mol. The number of methoxy groups -OCH3 is 2. The van der Waals surface area contributed by atoms with Gasteiger partial charge in [-0.15, -0.1) is 6.58 Å². The van der Waals surface area contributed by atoms with Crippen LogP contribution in [0.4, 0.5) is 0 Å². The summed E-state index contributed by atoms with van der Waals surface area (Å²) in [5.41, 5.74) is 1.95. The summed E-state index contributed by atoms with van der Waals surface area (Å²) in [7, 11) is -0.818. The molecule has 0 spiro atoms. The van der Waals surface area contributed by atoms with Crippen molar-refractivity contribution in [3.63, 3.8) is 0 Å². The van der Waals surface area contributed by atoms with E-state index in [9.17, 15) is 18.3 Å². The lowest BCUT2D eigenvalue weighted by Crippen LogP contribution is -2.50. The van der Waals surface area contributed by atoms with Crippen LogP contribution < -0.4 is 9.47 Å². The molecule has 0 aliphatic carbocycles. The number of phenols is 1. The van der Waals surface area contributed by atoms with Gasteiger partial charge in [0.15, 0.2) is 11.5 Å². The van der Waals surface area contributed by atoms with Crippen LogP contribution in [0.1, 0.15) is 21.5 Å². The molecular formula is C23H28N2O6S. The van der Waals surface area contributed by atoms with Crippen molar-refractivity contribution in [3.05, 3.63) is 59.7 Å². The minimum atomic E-state index is -3.86. The number of carbonyl (C=O) groups is 1. The van der Waals surface area contributed by atoms with E-state index in [0.29, 0.717) is 23.5 Å². The number of carbonyl (C=O) groups excluding carboxylic acids is 1. The van der Waals surface area contributed by atoms with Crippen LogP contribution >= 0.6 is 0 Å². The molecule has 172 valence electrons. The smallest absolute Gasteiger partial charge is 0.254 e. The number of aryl methyl sites for hydroxylation is 1. The van der Waals surface area contributed by atoms with Gasteiger partial charge in [0.1, 0.15) is 10.6 Å². The SMILES string of the molecule is C=CCc1cc(C(=O)N2CCN(S(=O)(=O)c3cc(C)ccc3O)CC2)cc(OC)c1OC. The highest BCUT2D eigenvalue weighted by Gasteiger charge is 2.32. The van der Waals surface area contributed by atoms with E-state index < -0.39 is 10.0 Å². The van der Waals surface area contributed by atoms with Gasteiger partial charge < -0.3 is 19.5 Å². The number of allylic oxidation sites excluding steroid dienone is 1. The summed E-state index contributed by atoms with van der Waals surface area (Å²) >= 11 is 0. The van der Waals surface area contributed by atoms with E-state index in [0.717, 1.165) is 11.1 Å². The summed E-state index contributed by atoms with van der Waals surface area (Å²) in [6.45, 7) is 6.24. The molecule has 2 aromatic rings. The van der Waals surface area contributed by atoms with Crippen molar-refractivity contribution in [2.45, 2.75) is 18.2 Å². The molecule has 1 heterocycles. The fraction of sp³-hybridized carbons (Fsp3) is 0.348. The Kier molecular flexibility index (Phi) is 7.10. The van der Waals surface area contributed by atoms with Gasteiger partial charge in [0.05, 0.1) is 14.2 Å². The highest BCUT2D eigenvalue weighted by Crippen LogP contribution is 2.34. The van der Waals surface area contributed by atoms with E-state index in [1.54, 1.807) is 36.1 Å². The third kappa shape index (κ3) is 4.58. The number of nitrogens with zero attached hydrogens (tertiary/aromatic N) is 2. The molecule has 1 aliphatic rings.